The van der Waals surface area contributed by atoms with Gasteiger partial charge in [0.25, 0.3) is 0 Å². The molecular formula is C11H12N2O2. The molecule has 1 atom stereocenters. The predicted molar refractivity (Wildman–Crippen MR) is 57.6 cm³/mol. The van der Waals surface area contributed by atoms with Crippen LogP contribution < -0.4 is 5.73 Å². The van der Waals surface area contributed by atoms with E-state index in [0.717, 1.165) is 16.5 Å². The summed E-state index contributed by atoms with van der Waals surface area (Å²) in [5.41, 5.74) is 8.20. The van der Waals surface area contributed by atoms with Gasteiger partial charge in [-0.2, -0.15) is 0 Å². The minimum Gasteiger partial charge on any atom is -0.480 e. The number of benzene rings is 1. The zero-order chi connectivity index (χ0) is 11.0. The van der Waals surface area contributed by atoms with Crippen LogP contribution in [0.3, 0.4) is 0 Å². The van der Waals surface area contributed by atoms with E-state index < -0.39 is 12.0 Å². The molecule has 0 bridgehead atoms. The highest BCUT2D eigenvalue weighted by molar-refractivity contribution is 5.89. The molecule has 1 aromatic heterocycles. The molecule has 1 aromatic carbocycles. The standard InChI is InChI=1S/C11H12N2O2/c1-6-2-3-9-7(4-6)8(5-13-9)10(12)11(14)15/h2-5,10,13H,12H2,1H3,(H,14,15)/t10-/m1/s1. The smallest absolute Gasteiger partial charge is 0.325 e. The third-order valence-electron chi connectivity index (χ3n) is 2.47. The summed E-state index contributed by atoms with van der Waals surface area (Å²) in [7, 11) is 0. The Morgan fingerprint density at radius 2 is 2.27 bits per heavy atom. The molecule has 2 aromatic rings. The summed E-state index contributed by atoms with van der Waals surface area (Å²) >= 11 is 0. The van der Waals surface area contributed by atoms with Gasteiger partial charge in [0.1, 0.15) is 6.04 Å². The van der Waals surface area contributed by atoms with Gasteiger partial charge < -0.3 is 15.8 Å². The first-order valence-electron chi connectivity index (χ1n) is 4.65. The van der Waals surface area contributed by atoms with Gasteiger partial charge in [0, 0.05) is 22.7 Å². The minimum absolute atomic E-state index is 0.626. The van der Waals surface area contributed by atoms with Gasteiger partial charge in [0.2, 0.25) is 0 Å². The van der Waals surface area contributed by atoms with Gasteiger partial charge in [-0.1, -0.05) is 11.6 Å². The van der Waals surface area contributed by atoms with Gasteiger partial charge in [0.05, 0.1) is 0 Å². The normalized spacial score (nSPS) is 12.9. The Kier molecular flexibility index (Phi) is 2.21. The molecule has 0 aliphatic rings. The molecule has 0 fully saturated rings. The second-order valence-corrected chi connectivity index (χ2v) is 3.61. The number of fused-ring (bicyclic) bond motifs is 1. The first-order chi connectivity index (χ1) is 7.09. The number of nitrogens with one attached hydrogen (secondary N) is 1. The monoisotopic (exact) mass is 204 g/mol. The highest BCUT2D eigenvalue weighted by Gasteiger charge is 2.17. The average Bonchev–Trinajstić information content (AvgIpc) is 2.59. The number of hydrogen-bond acceptors (Lipinski definition) is 2. The van der Waals surface area contributed by atoms with Crippen LogP contribution in [0.2, 0.25) is 0 Å². The van der Waals surface area contributed by atoms with Gasteiger partial charge >= 0.3 is 5.97 Å². The van der Waals surface area contributed by atoms with E-state index in [1.807, 2.05) is 25.1 Å². The molecule has 15 heavy (non-hydrogen) atoms. The topological polar surface area (TPSA) is 79.1 Å². The molecule has 4 heteroatoms. The van der Waals surface area contributed by atoms with Crippen LogP contribution >= 0.6 is 0 Å². The molecule has 0 saturated heterocycles. The van der Waals surface area contributed by atoms with Crippen LogP contribution in [0.15, 0.2) is 24.4 Å². The molecule has 0 saturated carbocycles. The van der Waals surface area contributed by atoms with Crippen molar-refractivity contribution in [2.45, 2.75) is 13.0 Å². The number of aryl methyl sites for hydroxylation is 1. The van der Waals surface area contributed by atoms with E-state index in [2.05, 4.69) is 4.98 Å². The molecule has 4 N–H and O–H groups in total. The summed E-state index contributed by atoms with van der Waals surface area (Å²) in [4.78, 5) is 13.8. The first-order valence-corrected chi connectivity index (χ1v) is 4.65. The van der Waals surface area contributed by atoms with Crippen molar-refractivity contribution < 1.29 is 9.90 Å². The summed E-state index contributed by atoms with van der Waals surface area (Å²) in [5.74, 6) is -1.02. The van der Waals surface area contributed by atoms with Gasteiger partial charge in [-0.3, -0.25) is 4.79 Å². The van der Waals surface area contributed by atoms with Gasteiger partial charge in [-0.25, -0.2) is 0 Å². The van der Waals surface area contributed by atoms with Crippen molar-refractivity contribution in [3.63, 3.8) is 0 Å². The number of carbonyl (C=O) groups is 1. The maximum atomic E-state index is 10.8. The van der Waals surface area contributed by atoms with Crippen LogP contribution in [-0.4, -0.2) is 16.1 Å². The summed E-state index contributed by atoms with van der Waals surface area (Å²) < 4.78 is 0. The quantitative estimate of drug-likeness (QED) is 0.694. The Morgan fingerprint density at radius 3 is 2.93 bits per heavy atom. The second kappa shape index (κ2) is 3.40. The Balaban J connectivity index is 2.61. The van der Waals surface area contributed by atoms with Crippen LogP contribution in [0.5, 0.6) is 0 Å². The number of H-pyrrole nitrogens is 1. The zero-order valence-electron chi connectivity index (χ0n) is 8.32. The first kappa shape index (κ1) is 9.73. The number of aromatic amines is 1. The number of aliphatic carboxylic acids is 1. The summed E-state index contributed by atoms with van der Waals surface area (Å²) in [5, 5.41) is 9.72. The van der Waals surface area contributed by atoms with Crippen molar-refractivity contribution in [1.29, 1.82) is 0 Å². The van der Waals surface area contributed by atoms with Gasteiger partial charge in [-0.05, 0) is 19.1 Å². The Labute approximate surface area is 86.7 Å². The number of nitrogens with two attached hydrogens (primary N) is 1. The molecule has 0 spiro atoms. The highest BCUT2D eigenvalue weighted by atomic mass is 16.4. The van der Waals surface area contributed by atoms with E-state index in [9.17, 15) is 4.79 Å². The molecule has 0 amide bonds. The molecule has 0 aliphatic heterocycles. The molecule has 1 heterocycles. The summed E-state index contributed by atoms with van der Waals surface area (Å²) in [6.07, 6.45) is 1.66. The van der Waals surface area contributed by atoms with E-state index in [-0.39, 0.29) is 0 Å². The minimum atomic E-state index is -1.02. The number of rotatable bonds is 2. The highest BCUT2D eigenvalue weighted by Crippen LogP contribution is 2.23. The largest absolute Gasteiger partial charge is 0.480 e. The molecule has 0 unspecified atom stereocenters. The van der Waals surface area contributed by atoms with Crippen molar-refractivity contribution in [3.05, 3.63) is 35.5 Å². The number of carboxylic acids is 1. The van der Waals surface area contributed by atoms with Crippen molar-refractivity contribution in [1.82, 2.24) is 4.98 Å². The van der Waals surface area contributed by atoms with Crippen molar-refractivity contribution in [2.24, 2.45) is 5.73 Å². The maximum absolute atomic E-state index is 10.8. The molecule has 0 aliphatic carbocycles. The molecule has 4 nitrogen and oxygen atoms in total. The molecule has 0 radical (unpaired) electrons. The molecule has 78 valence electrons. The second-order valence-electron chi connectivity index (χ2n) is 3.61. The molecular weight excluding hydrogens is 192 g/mol. The third kappa shape index (κ3) is 1.59. The lowest BCUT2D eigenvalue weighted by Crippen LogP contribution is -2.20. The van der Waals surface area contributed by atoms with Crippen LogP contribution in [0.1, 0.15) is 17.2 Å². The zero-order valence-corrected chi connectivity index (χ0v) is 8.32. The Hall–Kier alpha value is -1.81. The Morgan fingerprint density at radius 1 is 1.53 bits per heavy atom. The van der Waals surface area contributed by atoms with E-state index in [0.29, 0.717) is 5.56 Å². The predicted octanol–water partition coefficient (Wildman–Crippen LogP) is 1.56. The lowest BCUT2D eigenvalue weighted by molar-refractivity contribution is -0.138. The van der Waals surface area contributed by atoms with Crippen LogP contribution in [0.4, 0.5) is 0 Å². The van der Waals surface area contributed by atoms with E-state index in [1.165, 1.54) is 0 Å². The van der Waals surface area contributed by atoms with Crippen LogP contribution in [0.25, 0.3) is 10.9 Å². The fourth-order valence-electron chi connectivity index (χ4n) is 1.65. The van der Waals surface area contributed by atoms with Gasteiger partial charge in [-0.15, -0.1) is 0 Å². The number of carboxylic acid groups (broad SMARTS) is 1. The SMILES string of the molecule is Cc1ccc2[nH]cc([C@@H](N)C(=O)O)c2c1. The lowest BCUT2D eigenvalue weighted by Gasteiger charge is -2.04. The third-order valence-corrected chi connectivity index (χ3v) is 2.47. The van der Waals surface area contributed by atoms with E-state index in [1.54, 1.807) is 6.20 Å². The van der Waals surface area contributed by atoms with Gasteiger partial charge in [0.15, 0.2) is 0 Å². The maximum Gasteiger partial charge on any atom is 0.325 e. The lowest BCUT2D eigenvalue weighted by atomic mass is 10.1. The molecule has 2 rings (SSSR count). The summed E-state index contributed by atoms with van der Waals surface area (Å²) in [6, 6.07) is 4.85. The van der Waals surface area contributed by atoms with Crippen molar-refractivity contribution in [3.8, 4) is 0 Å². The number of aromatic nitrogens is 1. The van der Waals surface area contributed by atoms with Crippen molar-refractivity contribution >= 4 is 16.9 Å². The van der Waals surface area contributed by atoms with E-state index in [4.69, 9.17) is 10.8 Å². The summed E-state index contributed by atoms with van der Waals surface area (Å²) in [6.45, 7) is 1.96. The van der Waals surface area contributed by atoms with Crippen LogP contribution in [-0.2, 0) is 4.79 Å². The van der Waals surface area contributed by atoms with E-state index >= 15 is 0 Å². The number of hydrogen-bond donors (Lipinski definition) is 3. The van der Waals surface area contributed by atoms with Crippen LogP contribution in [0, 0.1) is 6.92 Å². The average molecular weight is 204 g/mol. The Bertz CT molecular complexity index is 516. The van der Waals surface area contributed by atoms with Crippen molar-refractivity contribution in [2.75, 3.05) is 0 Å². The fraction of sp³-hybridized carbons (Fsp3) is 0.182. The fourth-order valence-corrected chi connectivity index (χ4v) is 1.65.